The van der Waals surface area contributed by atoms with Crippen molar-refractivity contribution < 1.29 is 14.7 Å². The van der Waals surface area contributed by atoms with Crippen LogP contribution in [-0.2, 0) is 22.6 Å². The van der Waals surface area contributed by atoms with Crippen LogP contribution in [0.3, 0.4) is 0 Å². The second-order valence-electron chi connectivity index (χ2n) is 5.99. The van der Waals surface area contributed by atoms with Crippen molar-refractivity contribution in [3.05, 3.63) is 17.1 Å². The van der Waals surface area contributed by atoms with Gasteiger partial charge in [-0.25, -0.2) is 9.48 Å². The fourth-order valence-corrected chi connectivity index (χ4v) is 4.02. The Labute approximate surface area is 154 Å². The van der Waals surface area contributed by atoms with Crippen molar-refractivity contribution in [2.24, 2.45) is 5.73 Å². The SMILES string of the molecule is CN(C)CCn1nnnc1CC1=C(C(=O)O)N2C(=O)C(N)[C@@H]2SC1.Cl. The van der Waals surface area contributed by atoms with Crippen molar-refractivity contribution in [3.63, 3.8) is 0 Å². The number of β-lactam (4-membered cyclic amide) rings is 1. The van der Waals surface area contributed by atoms with Crippen LogP contribution in [0.1, 0.15) is 5.82 Å². The number of aromatic nitrogens is 4. The molecule has 0 bridgehead atoms. The first-order chi connectivity index (χ1) is 11.4. The maximum Gasteiger partial charge on any atom is 0.352 e. The number of nitrogens with zero attached hydrogens (tertiary/aromatic N) is 6. The Morgan fingerprint density at radius 1 is 1.48 bits per heavy atom. The van der Waals surface area contributed by atoms with Gasteiger partial charge in [-0.15, -0.1) is 29.3 Å². The minimum atomic E-state index is -1.12. The number of rotatable bonds is 6. The average molecular weight is 390 g/mol. The molecule has 10 nitrogen and oxygen atoms in total. The lowest BCUT2D eigenvalue weighted by molar-refractivity contribution is -0.148. The van der Waals surface area contributed by atoms with E-state index in [-0.39, 0.29) is 29.4 Å². The zero-order valence-corrected chi connectivity index (χ0v) is 15.5. The summed E-state index contributed by atoms with van der Waals surface area (Å²) >= 11 is 1.47. The van der Waals surface area contributed by atoms with E-state index in [1.807, 2.05) is 19.0 Å². The highest BCUT2D eigenvalue weighted by Gasteiger charge is 2.51. The van der Waals surface area contributed by atoms with E-state index in [4.69, 9.17) is 5.73 Å². The van der Waals surface area contributed by atoms with Crippen LogP contribution in [-0.4, -0.2) is 84.8 Å². The molecule has 0 radical (unpaired) electrons. The topological polar surface area (TPSA) is 130 Å². The van der Waals surface area contributed by atoms with Gasteiger partial charge in [-0.3, -0.25) is 9.69 Å². The van der Waals surface area contributed by atoms with E-state index in [2.05, 4.69) is 15.5 Å². The molecule has 1 aromatic heterocycles. The van der Waals surface area contributed by atoms with Gasteiger partial charge in [-0.1, -0.05) is 0 Å². The summed E-state index contributed by atoms with van der Waals surface area (Å²) in [4.78, 5) is 26.9. The summed E-state index contributed by atoms with van der Waals surface area (Å²) in [6.07, 6.45) is 0.292. The molecule has 3 N–H and O–H groups in total. The molecule has 1 unspecified atom stereocenters. The smallest absolute Gasteiger partial charge is 0.352 e. The number of hydrogen-bond acceptors (Lipinski definition) is 8. The maximum absolute atomic E-state index is 11.9. The highest BCUT2D eigenvalue weighted by atomic mass is 35.5. The number of tetrazole rings is 1. The van der Waals surface area contributed by atoms with E-state index in [0.717, 1.165) is 6.54 Å². The summed E-state index contributed by atoms with van der Waals surface area (Å²) in [5, 5.41) is 20.9. The third-order valence-corrected chi connectivity index (χ3v) is 5.39. The largest absolute Gasteiger partial charge is 0.477 e. The number of carbonyl (C=O) groups is 2. The minimum Gasteiger partial charge on any atom is -0.477 e. The number of halogens is 1. The van der Waals surface area contributed by atoms with Gasteiger partial charge in [0, 0.05) is 18.7 Å². The fraction of sp³-hybridized carbons (Fsp3) is 0.615. The summed E-state index contributed by atoms with van der Waals surface area (Å²) < 4.78 is 1.66. The number of fused-ring (bicyclic) bond motifs is 1. The Morgan fingerprint density at radius 2 is 2.20 bits per heavy atom. The van der Waals surface area contributed by atoms with Crippen molar-refractivity contribution >= 4 is 36.0 Å². The molecule has 1 saturated heterocycles. The van der Waals surface area contributed by atoms with Gasteiger partial charge in [-0.2, -0.15) is 0 Å². The van der Waals surface area contributed by atoms with E-state index >= 15 is 0 Å². The summed E-state index contributed by atoms with van der Waals surface area (Å²) in [6, 6.07) is -0.628. The van der Waals surface area contributed by atoms with Gasteiger partial charge in [0.25, 0.3) is 0 Å². The molecular weight excluding hydrogens is 370 g/mol. The molecule has 1 amide bonds. The summed E-state index contributed by atoms with van der Waals surface area (Å²) in [6.45, 7) is 1.37. The molecule has 0 saturated carbocycles. The number of aliphatic carboxylic acids is 1. The predicted octanol–water partition coefficient (Wildman–Crippen LogP) is -1.22. The molecular formula is C13H20ClN7O3S. The number of hydrogen-bond donors (Lipinski definition) is 2. The number of carboxylic acid groups (broad SMARTS) is 1. The van der Waals surface area contributed by atoms with Crippen molar-refractivity contribution in [1.29, 1.82) is 0 Å². The molecule has 3 heterocycles. The highest BCUT2D eigenvalue weighted by molar-refractivity contribution is 8.00. The molecule has 2 atom stereocenters. The highest BCUT2D eigenvalue weighted by Crippen LogP contribution is 2.40. The lowest BCUT2D eigenvalue weighted by Gasteiger charge is -2.48. The number of carboxylic acids is 1. The van der Waals surface area contributed by atoms with E-state index in [0.29, 0.717) is 30.1 Å². The molecule has 0 aliphatic carbocycles. The standard InChI is InChI=1S/C13H19N7O3S.ClH/c1-18(2)3-4-19-8(15-16-17-19)5-7-6-24-12-9(14)11(21)20(12)10(7)13(22)23;/h9,12H,3-6,14H2,1-2H3,(H,22,23);1H/t9?,12-;/m0./s1. The second kappa shape index (κ2) is 7.68. The monoisotopic (exact) mass is 389 g/mol. The van der Waals surface area contributed by atoms with Crippen LogP contribution in [0.4, 0.5) is 0 Å². The van der Waals surface area contributed by atoms with Crippen molar-refractivity contribution in [1.82, 2.24) is 30.0 Å². The summed E-state index contributed by atoms with van der Waals surface area (Å²) in [5.41, 5.74) is 6.39. The van der Waals surface area contributed by atoms with Crippen LogP contribution in [0.2, 0.25) is 0 Å². The lowest BCUT2D eigenvalue weighted by atomic mass is 10.0. The molecule has 1 aromatic rings. The Balaban J connectivity index is 0.00000225. The van der Waals surface area contributed by atoms with Gasteiger partial charge >= 0.3 is 5.97 Å². The summed E-state index contributed by atoms with van der Waals surface area (Å²) in [7, 11) is 3.90. The van der Waals surface area contributed by atoms with Crippen LogP contribution in [0, 0.1) is 0 Å². The second-order valence-corrected chi connectivity index (χ2v) is 7.10. The van der Waals surface area contributed by atoms with Crippen LogP contribution < -0.4 is 5.73 Å². The molecule has 25 heavy (non-hydrogen) atoms. The minimum absolute atomic E-state index is 0. The molecule has 138 valence electrons. The summed E-state index contributed by atoms with van der Waals surface area (Å²) in [5.74, 6) is -0.399. The van der Waals surface area contributed by atoms with Gasteiger partial charge in [0.05, 0.1) is 6.54 Å². The van der Waals surface area contributed by atoms with Crippen LogP contribution in [0.5, 0.6) is 0 Å². The first kappa shape index (κ1) is 19.6. The van der Waals surface area contributed by atoms with E-state index in [1.54, 1.807) is 4.68 Å². The average Bonchev–Trinajstić information content (AvgIpc) is 2.98. The number of likely N-dealkylation sites (N-methyl/N-ethyl adjacent to an activating group) is 1. The van der Waals surface area contributed by atoms with Crippen molar-refractivity contribution in [2.45, 2.75) is 24.4 Å². The van der Waals surface area contributed by atoms with Gasteiger partial charge < -0.3 is 15.7 Å². The third-order valence-electron chi connectivity index (χ3n) is 4.03. The first-order valence-electron chi connectivity index (χ1n) is 7.45. The first-order valence-corrected chi connectivity index (χ1v) is 8.50. The number of amides is 1. The molecule has 0 spiro atoms. The molecule has 1 fully saturated rings. The Bertz CT molecular complexity index is 708. The maximum atomic E-state index is 11.9. The predicted molar refractivity (Wildman–Crippen MR) is 93.1 cm³/mol. The van der Waals surface area contributed by atoms with Crippen LogP contribution in [0.25, 0.3) is 0 Å². The fourth-order valence-electron chi connectivity index (χ4n) is 2.72. The van der Waals surface area contributed by atoms with Gasteiger partial charge in [0.1, 0.15) is 17.1 Å². The third kappa shape index (κ3) is 3.64. The van der Waals surface area contributed by atoms with E-state index in [9.17, 15) is 14.7 Å². The van der Waals surface area contributed by atoms with Crippen molar-refractivity contribution in [3.8, 4) is 0 Å². The van der Waals surface area contributed by atoms with Crippen molar-refractivity contribution in [2.75, 3.05) is 26.4 Å². The Morgan fingerprint density at radius 3 is 2.84 bits per heavy atom. The number of thioether (sulfide) groups is 1. The van der Waals surface area contributed by atoms with Gasteiger partial charge in [0.15, 0.2) is 5.82 Å². The number of carbonyl (C=O) groups excluding carboxylic acids is 1. The van der Waals surface area contributed by atoms with Gasteiger partial charge in [-0.05, 0) is 30.1 Å². The molecule has 3 rings (SSSR count). The van der Waals surface area contributed by atoms with Crippen LogP contribution in [0.15, 0.2) is 11.3 Å². The molecule has 12 heteroatoms. The van der Waals surface area contributed by atoms with E-state index in [1.165, 1.54) is 16.7 Å². The quantitative estimate of drug-likeness (QED) is 0.574. The van der Waals surface area contributed by atoms with Crippen LogP contribution >= 0.6 is 24.2 Å². The zero-order valence-electron chi connectivity index (χ0n) is 13.8. The normalized spacial score (nSPS) is 22.6. The van der Waals surface area contributed by atoms with Gasteiger partial charge in [0.2, 0.25) is 5.91 Å². The van der Waals surface area contributed by atoms with E-state index < -0.39 is 12.0 Å². The Kier molecular flexibility index (Phi) is 6.03. The molecule has 0 aromatic carbocycles. The molecule has 2 aliphatic heterocycles. The zero-order chi connectivity index (χ0) is 17.4. The Hall–Kier alpha value is -1.69. The number of nitrogens with two attached hydrogens (primary N) is 1. The molecule has 2 aliphatic rings. The lowest BCUT2D eigenvalue weighted by Crippen LogP contribution is -2.68.